The lowest BCUT2D eigenvalue weighted by atomic mass is 10.2. The monoisotopic (exact) mass is 383 g/mol. The Morgan fingerprint density at radius 1 is 1.22 bits per heavy atom. The molecule has 0 amide bonds. The molecule has 140 valence electrons. The minimum atomic E-state index is -0.416. The van der Waals surface area contributed by atoms with Crippen molar-refractivity contribution in [2.75, 3.05) is 26.0 Å². The summed E-state index contributed by atoms with van der Waals surface area (Å²) in [6.45, 7) is 2.58. The molecule has 27 heavy (non-hydrogen) atoms. The van der Waals surface area contributed by atoms with Gasteiger partial charge in [-0.15, -0.1) is 11.3 Å². The molecule has 0 saturated carbocycles. The van der Waals surface area contributed by atoms with E-state index in [2.05, 4.69) is 31.6 Å². The zero-order chi connectivity index (χ0) is 19.4. The quantitative estimate of drug-likeness (QED) is 0.488. The average molecular weight is 383 g/mol. The number of aryl methyl sites for hydroxylation is 1. The van der Waals surface area contributed by atoms with Crippen LogP contribution in [0.5, 0.6) is 0 Å². The highest BCUT2D eigenvalue weighted by Gasteiger charge is 2.16. The lowest BCUT2D eigenvalue weighted by molar-refractivity contribution is -0.384. The lowest BCUT2D eigenvalue weighted by Crippen LogP contribution is -2.26. The fourth-order valence-electron chi connectivity index (χ4n) is 2.77. The SMILES string of the molecule is Cc1cc(NC[C@@H](c2cccs2)N(C)C)nc(-c2cccc([N+](=O)[O-])c2)n1. The maximum absolute atomic E-state index is 11.0. The Kier molecular flexibility index (Phi) is 5.78. The summed E-state index contributed by atoms with van der Waals surface area (Å²) >= 11 is 1.72. The molecule has 0 fully saturated rings. The fraction of sp³-hybridized carbons (Fsp3) is 0.263. The number of nitrogens with zero attached hydrogens (tertiary/aromatic N) is 4. The first-order valence-corrected chi connectivity index (χ1v) is 9.36. The van der Waals surface area contributed by atoms with E-state index in [-0.39, 0.29) is 11.7 Å². The first kappa shape index (κ1) is 18.9. The van der Waals surface area contributed by atoms with Crippen LogP contribution in [-0.2, 0) is 0 Å². The van der Waals surface area contributed by atoms with Crippen LogP contribution in [0.4, 0.5) is 11.5 Å². The van der Waals surface area contributed by atoms with E-state index in [4.69, 9.17) is 0 Å². The summed E-state index contributed by atoms with van der Waals surface area (Å²) in [6.07, 6.45) is 0. The molecular formula is C19H21N5O2S. The average Bonchev–Trinajstić information content (AvgIpc) is 3.15. The van der Waals surface area contributed by atoms with Gasteiger partial charge in [-0.1, -0.05) is 18.2 Å². The number of hydrogen-bond acceptors (Lipinski definition) is 7. The van der Waals surface area contributed by atoms with Crippen molar-refractivity contribution in [2.24, 2.45) is 0 Å². The first-order chi connectivity index (χ1) is 12.9. The zero-order valence-corrected chi connectivity index (χ0v) is 16.2. The van der Waals surface area contributed by atoms with E-state index in [1.165, 1.54) is 17.0 Å². The summed E-state index contributed by atoms with van der Waals surface area (Å²) in [5, 5.41) is 16.5. The first-order valence-electron chi connectivity index (χ1n) is 8.48. The van der Waals surface area contributed by atoms with Gasteiger partial charge in [-0.3, -0.25) is 10.1 Å². The van der Waals surface area contributed by atoms with Gasteiger partial charge in [0.2, 0.25) is 0 Å². The van der Waals surface area contributed by atoms with E-state index in [0.717, 1.165) is 5.69 Å². The van der Waals surface area contributed by atoms with Crippen molar-refractivity contribution >= 4 is 22.8 Å². The highest BCUT2D eigenvalue weighted by atomic mass is 32.1. The normalized spacial score (nSPS) is 12.1. The standard InChI is InChI=1S/C19H21N5O2S/c1-13-10-18(20-12-16(23(2)3)17-8-5-9-27-17)22-19(21-13)14-6-4-7-15(11-14)24(25)26/h4-11,16H,12H2,1-3H3,(H,20,21,22)/t16-/m0/s1. The van der Waals surface area contributed by atoms with Crippen molar-refractivity contribution in [2.45, 2.75) is 13.0 Å². The Hall–Kier alpha value is -2.84. The molecule has 2 heterocycles. The summed E-state index contributed by atoms with van der Waals surface area (Å²) in [5.41, 5.74) is 1.45. The minimum absolute atomic E-state index is 0.0254. The number of anilines is 1. The van der Waals surface area contributed by atoms with Gasteiger partial charge in [0.05, 0.1) is 11.0 Å². The number of likely N-dealkylation sites (N-methyl/N-ethyl adjacent to an activating group) is 1. The number of nitro groups is 1. The number of aromatic nitrogens is 2. The lowest BCUT2D eigenvalue weighted by Gasteiger charge is -2.24. The molecule has 1 atom stereocenters. The van der Waals surface area contributed by atoms with Gasteiger partial charge in [-0.2, -0.15) is 0 Å². The van der Waals surface area contributed by atoms with Crippen LogP contribution in [0.15, 0.2) is 47.8 Å². The molecule has 0 aliphatic carbocycles. The molecule has 1 N–H and O–H groups in total. The third kappa shape index (κ3) is 4.66. The smallest absolute Gasteiger partial charge is 0.270 e. The third-order valence-corrected chi connectivity index (χ3v) is 5.11. The number of benzene rings is 1. The Morgan fingerprint density at radius 3 is 2.70 bits per heavy atom. The summed E-state index contributed by atoms with van der Waals surface area (Å²) in [5.74, 6) is 1.17. The Bertz CT molecular complexity index is 928. The summed E-state index contributed by atoms with van der Waals surface area (Å²) in [7, 11) is 4.09. The topological polar surface area (TPSA) is 84.2 Å². The molecule has 3 aromatic rings. The fourth-order valence-corrected chi connectivity index (χ4v) is 3.69. The molecule has 0 spiro atoms. The predicted octanol–water partition coefficient (Wildman–Crippen LogP) is 4.14. The van der Waals surface area contributed by atoms with Crippen LogP contribution < -0.4 is 5.32 Å². The van der Waals surface area contributed by atoms with E-state index in [1.807, 2.05) is 33.2 Å². The molecule has 0 unspecified atom stereocenters. The Balaban J connectivity index is 1.83. The van der Waals surface area contributed by atoms with Crippen LogP contribution in [0.3, 0.4) is 0 Å². The number of nitro benzene ring substituents is 1. The van der Waals surface area contributed by atoms with Gasteiger partial charge >= 0.3 is 0 Å². The Labute approximate surface area is 161 Å². The van der Waals surface area contributed by atoms with E-state index in [0.29, 0.717) is 23.8 Å². The maximum Gasteiger partial charge on any atom is 0.270 e. The molecule has 0 saturated heterocycles. The number of thiophene rings is 1. The predicted molar refractivity (Wildman–Crippen MR) is 108 cm³/mol. The number of hydrogen-bond donors (Lipinski definition) is 1. The summed E-state index contributed by atoms with van der Waals surface area (Å²) in [6, 6.07) is 12.6. The Morgan fingerprint density at radius 2 is 2.04 bits per heavy atom. The van der Waals surface area contributed by atoms with Crippen molar-refractivity contribution in [1.82, 2.24) is 14.9 Å². The van der Waals surface area contributed by atoms with Gasteiger partial charge in [0, 0.05) is 40.9 Å². The van der Waals surface area contributed by atoms with Crippen LogP contribution in [0.1, 0.15) is 16.6 Å². The van der Waals surface area contributed by atoms with Crippen molar-refractivity contribution < 1.29 is 4.92 Å². The third-order valence-electron chi connectivity index (χ3n) is 4.14. The van der Waals surface area contributed by atoms with Crippen LogP contribution in [-0.4, -0.2) is 40.4 Å². The van der Waals surface area contributed by atoms with Crippen LogP contribution >= 0.6 is 11.3 Å². The molecule has 0 bridgehead atoms. The van der Waals surface area contributed by atoms with E-state index in [9.17, 15) is 10.1 Å². The number of rotatable bonds is 7. The zero-order valence-electron chi connectivity index (χ0n) is 15.4. The van der Waals surface area contributed by atoms with E-state index < -0.39 is 4.92 Å². The summed E-state index contributed by atoms with van der Waals surface area (Å²) < 4.78 is 0. The van der Waals surface area contributed by atoms with Crippen molar-refractivity contribution in [3.63, 3.8) is 0 Å². The highest BCUT2D eigenvalue weighted by Crippen LogP contribution is 2.25. The van der Waals surface area contributed by atoms with Crippen molar-refractivity contribution in [1.29, 1.82) is 0 Å². The van der Waals surface area contributed by atoms with Gasteiger partial charge in [-0.05, 0) is 32.5 Å². The minimum Gasteiger partial charge on any atom is -0.368 e. The maximum atomic E-state index is 11.0. The van der Waals surface area contributed by atoms with Crippen LogP contribution in [0.25, 0.3) is 11.4 Å². The van der Waals surface area contributed by atoms with Gasteiger partial charge in [0.15, 0.2) is 5.82 Å². The molecule has 3 rings (SSSR count). The molecule has 0 aliphatic heterocycles. The molecule has 0 aliphatic rings. The van der Waals surface area contributed by atoms with Crippen LogP contribution in [0.2, 0.25) is 0 Å². The van der Waals surface area contributed by atoms with Gasteiger partial charge in [0.1, 0.15) is 5.82 Å². The second-order valence-corrected chi connectivity index (χ2v) is 7.38. The molecule has 2 aromatic heterocycles. The molecule has 7 nitrogen and oxygen atoms in total. The number of nitrogens with one attached hydrogen (secondary N) is 1. The molecule has 1 aromatic carbocycles. The van der Waals surface area contributed by atoms with E-state index >= 15 is 0 Å². The number of non-ortho nitro benzene ring substituents is 1. The van der Waals surface area contributed by atoms with Crippen molar-refractivity contribution in [3.8, 4) is 11.4 Å². The van der Waals surface area contributed by atoms with Gasteiger partial charge < -0.3 is 10.2 Å². The molecular weight excluding hydrogens is 362 g/mol. The summed E-state index contributed by atoms with van der Waals surface area (Å²) in [4.78, 5) is 23.0. The van der Waals surface area contributed by atoms with Gasteiger partial charge in [-0.25, -0.2) is 9.97 Å². The highest BCUT2D eigenvalue weighted by molar-refractivity contribution is 7.10. The van der Waals surface area contributed by atoms with Gasteiger partial charge in [0.25, 0.3) is 5.69 Å². The van der Waals surface area contributed by atoms with Crippen LogP contribution in [0, 0.1) is 17.0 Å². The molecule has 8 heteroatoms. The second kappa shape index (κ2) is 8.24. The molecule has 0 radical (unpaired) electrons. The van der Waals surface area contributed by atoms with Crippen molar-refractivity contribution in [3.05, 3.63) is 68.5 Å². The second-order valence-electron chi connectivity index (χ2n) is 6.40. The largest absolute Gasteiger partial charge is 0.368 e. The van der Waals surface area contributed by atoms with E-state index in [1.54, 1.807) is 23.5 Å².